The quantitative estimate of drug-likeness (QED) is 0.741. The second-order valence-corrected chi connectivity index (χ2v) is 6.00. The maximum Gasteiger partial charge on any atom is 0.257 e. The van der Waals surface area contributed by atoms with Crippen LogP contribution in [0.3, 0.4) is 0 Å². The van der Waals surface area contributed by atoms with Gasteiger partial charge in [-0.05, 0) is 43.7 Å². The lowest BCUT2D eigenvalue weighted by Gasteiger charge is -2.38. The minimum Gasteiger partial charge on any atom is -0.496 e. The van der Waals surface area contributed by atoms with Crippen molar-refractivity contribution in [3.05, 3.63) is 23.8 Å². The van der Waals surface area contributed by atoms with Gasteiger partial charge >= 0.3 is 0 Å². The summed E-state index contributed by atoms with van der Waals surface area (Å²) in [6, 6.07) is 5.13. The Morgan fingerprint density at radius 2 is 2.14 bits per heavy atom. The summed E-state index contributed by atoms with van der Waals surface area (Å²) in [5.41, 5.74) is 6.08. The van der Waals surface area contributed by atoms with Gasteiger partial charge in [0.05, 0.1) is 19.3 Å². The van der Waals surface area contributed by atoms with Crippen LogP contribution in [0.4, 0.5) is 5.69 Å². The third-order valence-corrected chi connectivity index (χ3v) is 4.42. The lowest BCUT2D eigenvalue weighted by atomic mass is 9.77. The second kappa shape index (κ2) is 6.35. The van der Waals surface area contributed by atoms with Crippen molar-refractivity contribution in [2.75, 3.05) is 19.5 Å². The zero-order valence-electron chi connectivity index (χ0n) is 12.7. The molecule has 0 heterocycles. The van der Waals surface area contributed by atoms with Crippen LogP contribution < -0.4 is 15.8 Å². The number of hydrogen-bond acceptors (Lipinski definition) is 4. The van der Waals surface area contributed by atoms with Crippen molar-refractivity contribution in [2.24, 2.45) is 5.92 Å². The van der Waals surface area contributed by atoms with E-state index in [2.05, 4.69) is 12.2 Å². The summed E-state index contributed by atoms with van der Waals surface area (Å²) in [5, 5.41) is 12.7. The Kier molecular flexibility index (Phi) is 4.73. The Bertz CT molecular complexity index is 508. The number of amides is 1. The smallest absolute Gasteiger partial charge is 0.257 e. The van der Waals surface area contributed by atoms with Crippen LogP contribution in [0.1, 0.15) is 43.0 Å². The second-order valence-electron chi connectivity index (χ2n) is 6.00. The van der Waals surface area contributed by atoms with E-state index in [9.17, 15) is 9.90 Å². The molecule has 0 spiro atoms. The predicted molar refractivity (Wildman–Crippen MR) is 82.3 cm³/mol. The average Bonchev–Trinajstić information content (AvgIpc) is 2.49. The van der Waals surface area contributed by atoms with E-state index in [1.807, 2.05) is 0 Å². The Morgan fingerprint density at radius 3 is 2.71 bits per heavy atom. The number of nitrogens with two attached hydrogens (primary N) is 1. The van der Waals surface area contributed by atoms with Crippen molar-refractivity contribution in [3.8, 4) is 5.75 Å². The zero-order chi connectivity index (χ0) is 15.5. The number of hydrogen-bond donors (Lipinski definition) is 3. The molecule has 2 rings (SSSR count). The van der Waals surface area contributed by atoms with Crippen molar-refractivity contribution < 1.29 is 14.6 Å². The molecule has 0 bridgehead atoms. The summed E-state index contributed by atoms with van der Waals surface area (Å²) < 4.78 is 5.22. The van der Waals surface area contributed by atoms with Gasteiger partial charge in [-0.3, -0.25) is 4.79 Å². The molecule has 1 aromatic rings. The lowest BCUT2D eigenvalue weighted by Crippen LogP contribution is -2.53. The number of ether oxygens (including phenoxy) is 1. The highest BCUT2D eigenvalue weighted by Crippen LogP contribution is 2.33. The van der Waals surface area contributed by atoms with Crippen molar-refractivity contribution in [3.63, 3.8) is 0 Å². The van der Waals surface area contributed by atoms with Crippen LogP contribution in [0.15, 0.2) is 18.2 Å². The number of carbonyl (C=O) groups is 1. The van der Waals surface area contributed by atoms with Gasteiger partial charge in [-0.15, -0.1) is 0 Å². The predicted octanol–water partition coefficient (Wildman–Crippen LogP) is 1.95. The summed E-state index contributed by atoms with van der Waals surface area (Å²) >= 11 is 0. The van der Waals surface area contributed by atoms with E-state index >= 15 is 0 Å². The van der Waals surface area contributed by atoms with Gasteiger partial charge in [0.2, 0.25) is 0 Å². The first-order chi connectivity index (χ1) is 10.0. The number of aliphatic hydroxyl groups excluding tert-OH is 1. The fourth-order valence-electron chi connectivity index (χ4n) is 2.90. The van der Waals surface area contributed by atoms with Gasteiger partial charge in [-0.25, -0.2) is 0 Å². The maximum absolute atomic E-state index is 12.6. The van der Waals surface area contributed by atoms with Gasteiger partial charge in [0.25, 0.3) is 5.91 Å². The molecule has 1 fully saturated rings. The molecule has 1 aromatic carbocycles. The number of nitrogen functional groups attached to an aromatic ring is 1. The molecule has 21 heavy (non-hydrogen) atoms. The van der Waals surface area contributed by atoms with E-state index in [4.69, 9.17) is 10.5 Å². The van der Waals surface area contributed by atoms with Gasteiger partial charge < -0.3 is 20.9 Å². The molecule has 4 N–H and O–H groups in total. The molecule has 5 heteroatoms. The summed E-state index contributed by atoms with van der Waals surface area (Å²) in [4.78, 5) is 12.6. The topological polar surface area (TPSA) is 84.6 Å². The van der Waals surface area contributed by atoms with Crippen LogP contribution in [-0.2, 0) is 0 Å². The minimum absolute atomic E-state index is 0.0550. The first-order valence-electron chi connectivity index (χ1n) is 7.37. The van der Waals surface area contributed by atoms with E-state index in [0.29, 0.717) is 22.9 Å². The van der Waals surface area contributed by atoms with E-state index in [-0.39, 0.29) is 12.5 Å². The van der Waals surface area contributed by atoms with Crippen LogP contribution in [0, 0.1) is 5.92 Å². The van der Waals surface area contributed by atoms with Crippen LogP contribution in [0.2, 0.25) is 0 Å². The van der Waals surface area contributed by atoms with E-state index in [1.54, 1.807) is 18.2 Å². The summed E-state index contributed by atoms with van der Waals surface area (Å²) in [7, 11) is 1.51. The van der Waals surface area contributed by atoms with Crippen molar-refractivity contribution in [1.29, 1.82) is 0 Å². The Morgan fingerprint density at radius 1 is 1.48 bits per heavy atom. The third-order valence-electron chi connectivity index (χ3n) is 4.42. The standard InChI is InChI=1S/C16H24N2O3/c1-11-6-8-16(10-19,9-7-11)18-15(20)14-12(17)4-3-5-13(14)21-2/h3-5,11,19H,6-10,17H2,1-2H3,(H,18,20). The zero-order valence-corrected chi connectivity index (χ0v) is 12.7. The van der Waals surface area contributed by atoms with Crippen molar-refractivity contribution >= 4 is 11.6 Å². The number of rotatable bonds is 4. The molecule has 0 saturated heterocycles. The highest BCUT2D eigenvalue weighted by Gasteiger charge is 2.36. The summed E-state index contributed by atoms with van der Waals surface area (Å²) in [6.07, 6.45) is 3.57. The molecule has 5 nitrogen and oxygen atoms in total. The molecule has 1 aliphatic carbocycles. The monoisotopic (exact) mass is 292 g/mol. The van der Waals surface area contributed by atoms with Crippen LogP contribution in [-0.4, -0.2) is 30.3 Å². The first-order valence-corrected chi connectivity index (χ1v) is 7.37. The third kappa shape index (κ3) is 3.29. The molecule has 0 atom stereocenters. The Labute approximate surface area is 125 Å². The van der Waals surface area contributed by atoms with Gasteiger partial charge in [-0.1, -0.05) is 13.0 Å². The van der Waals surface area contributed by atoms with Crippen molar-refractivity contribution in [1.82, 2.24) is 5.32 Å². The Hall–Kier alpha value is -1.75. The summed E-state index contributed by atoms with van der Waals surface area (Å²) in [5.74, 6) is 0.802. The van der Waals surface area contributed by atoms with Gasteiger partial charge in [0, 0.05) is 5.69 Å². The normalized spacial score (nSPS) is 25.4. The van der Waals surface area contributed by atoms with Crippen molar-refractivity contribution in [2.45, 2.75) is 38.1 Å². The molecule has 1 aliphatic rings. The van der Waals surface area contributed by atoms with Gasteiger partial charge in [-0.2, -0.15) is 0 Å². The lowest BCUT2D eigenvalue weighted by molar-refractivity contribution is 0.0715. The average molecular weight is 292 g/mol. The molecule has 0 aliphatic heterocycles. The number of carbonyl (C=O) groups excluding carboxylic acids is 1. The number of anilines is 1. The van der Waals surface area contributed by atoms with Crippen LogP contribution in [0.25, 0.3) is 0 Å². The molecule has 1 amide bonds. The first kappa shape index (κ1) is 15.6. The molecule has 116 valence electrons. The van der Waals surface area contributed by atoms with Gasteiger partial charge in [0.15, 0.2) is 0 Å². The van der Waals surface area contributed by atoms with E-state index in [0.717, 1.165) is 25.7 Å². The molecule has 1 saturated carbocycles. The molecule has 0 radical (unpaired) electrons. The van der Waals surface area contributed by atoms with E-state index < -0.39 is 5.54 Å². The maximum atomic E-state index is 12.6. The number of benzene rings is 1. The highest BCUT2D eigenvalue weighted by molar-refractivity contribution is 6.02. The largest absolute Gasteiger partial charge is 0.496 e. The molecule has 0 aromatic heterocycles. The summed E-state index contributed by atoms with van der Waals surface area (Å²) in [6.45, 7) is 2.14. The number of nitrogens with one attached hydrogen (secondary N) is 1. The fourth-order valence-corrected chi connectivity index (χ4v) is 2.90. The fraction of sp³-hybridized carbons (Fsp3) is 0.562. The Balaban J connectivity index is 2.21. The molecule has 0 unspecified atom stereocenters. The SMILES string of the molecule is COc1cccc(N)c1C(=O)NC1(CO)CCC(C)CC1. The molecular weight excluding hydrogens is 268 g/mol. The van der Waals surface area contributed by atoms with E-state index in [1.165, 1.54) is 7.11 Å². The minimum atomic E-state index is -0.545. The van der Waals surface area contributed by atoms with Gasteiger partial charge in [0.1, 0.15) is 11.3 Å². The number of methoxy groups -OCH3 is 1. The molecular formula is C16H24N2O3. The number of aliphatic hydroxyl groups is 1. The van der Waals surface area contributed by atoms with Crippen LogP contribution in [0.5, 0.6) is 5.75 Å². The van der Waals surface area contributed by atoms with Crippen LogP contribution >= 0.6 is 0 Å². The highest BCUT2D eigenvalue weighted by atomic mass is 16.5.